The molecule has 5 nitrogen and oxygen atoms in total. The lowest BCUT2D eigenvalue weighted by Crippen LogP contribution is -2.30. The van der Waals surface area contributed by atoms with Crippen LogP contribution in [0.4, 0.5) is 0 Å². The standard InChI is InChI=1S/C16H26N2O3/c1-12-5-6-15(21-4)14(11-12)13(2)17-8-7-16(19)18-9-10-20-3/h5-6,11,13,17H,7-10H2,1-4H3,(H,18,19). The van der Waals surface area contributed by atoms with Crippen molar-refractivity contribution in [2.45, 2.75) is 26.3 Å². The van der Waals surface area contributed by atoms with Crippen LogP contribution in [-0.4, -0.2) is 39.8 Å². The molecule has 2 N–H and O–H groups in total. The summed E-state index contributed by atoms with van der Waals surface area (Å²) >= 11 is 0. The maximum absolute atomic E-state index is 11.6. The third kappa shape index (κ3) is 6.14. The number of hydrogen-bond donors (Lipinski definition) is 2. The molecule has 0 fully saturated rings. The average molecular weight is 294 g/mol. The molecule has 0 aliphatic rings. The van der Waals surface area contributed by atoms with Crippen LogP contribution in [0.1, 0.15) is 30.5 Å². The molecular formula is C16H26N2O3. The van der Waals surface area contributed by atoms with Gasteiger partial charge >= 0.3 is 0 Å². The predicted molar refractivity (Wildman–Crippen MR) is 83.7 cm³/mol. The Labute approximate surface area is 127 Å². The third-order valence-corrected chi connectivity index (χ3v) is 3.28. The highest BCUT2D eigenvalue weighted by Gasteiger charge is 2.11. The second kappa shape index (κ2) is 9.37. The summed E-state index contributed by atoms with van der Waals surface area (Å²) < 4.78 is 10.3. The van der Waals surface area contributed by atoms with E-state index in [-0.39, 0.29) is 11.9 Å². The van der Waals surface area contributed by atoms with Gasteiger partial charge in [-0.05, 0) is 19.9 Å². The van der Waals surface area contributed by atoms with Crippen molar-refractivity contribution in [3.8, 4) is 5.75 Å². The molecule has 0 radical (unpaired) electrons. The Morgan fingerprint density at radius 3 is 2.71 bits per heavy atom. The minimum atomic E-state index is 0.0305. The molecule has 1 aromatic rings. The number of ether oxygens (including phenoxy) is 2. The van der Waals surface area contributed by atoms with Gasteiger partial charge in [0, 0.05) is 38.2 Å². The van der Waals surface area contributed by atoms with Crippen molar-refractivity contribution in [3.63, 3.8) is 0 Å². The average Bonchev–Trinajstić information content (AvgIpc) is 2.47. The van der Waals surface area contributed by atoms with Crippen molar-refractivity contribution in [2.75, 3.05) is 33.9 Å². The Bertz CT molecular complexity index is 449. The Balaban J connectivity index is 2.41. The molecule has 1 amide bonds. The number of carbonyl (C=O) groups excluding carboxylic acids is 1. The summed E-state index contributed by atoms with van der Waals surface area (Å²) in [5.74, 6) is 0.896. The van der Waals surface area contributed by atoms with Crippen LogP contribution in [0.3, 0.4) is 0 Å². The van der Waals surface area contributed by atoms with Gasteiger partial charge < -0.3 is 20.1 Å². The number of benzene rings is 1. The zero-order valence-corrected chi connectivity index (χ0v) is 13.4. The topological polar surface area (TPSA) is 59.6 Å². The minimum absolute atomic E-state index is 0.0305. The first kappa shape index (κ1) is 17.5. The Morgan fingerprint density at radius 2 is 2.05 bits per heavy atom. The van der Waals surface area contributed by atoms with Gasteiger partial charge in [0.2, 0.25) is 5.91 Å². The summed E-state index contributed by atoms with van der Waals surface area (Å²) in [6.07, 6.45) is 0.447. The van der Waals surface area contributed by atoms with Gasteiger partial charge in [-0.15, -0.1) is 0 Å². The molecule has 0 saturated heterocycles. The van der Waals surface area contributed by atoms with Crippen molar-refractivity contribution < 1.29 is 14.3 Å². The number of methoxy groups -OCH3 is 2. The fourth-order valence-electron chi connectivity index (χ4n) is 2.09. The first-order valence-electron chi connectivity index (χ1n) is 7.22. The van der Waals surface area contributed by atoms with Crippen LogP contribution in [0.5, 0.6) is 5.75 Å². The fourth-order valence-corrected chi connectivity index (χ4v) is 2.09. The molecule has 118 valence electrons. The summed E-state index contributed by atoms with van der Waals surface area (Å²) in [6, 6.07) is 6.24. The van der Waals surface area contributed by atoms with Gasteiger partial charge in [-0.2, -0.15) is 0 Å². The van der Waals surface area contributed by atoms with E-state index < -0.39 is 0 Å². The summed E-state index contributed by atoms with van der Waals surface area (Å²) in [6.45, 7) is 5.84. The maximum atomic E-state index is 11.6. The van der Waals surface area contributed by atoms with Crippen LogP contribution in [0.25, 0.3) is 0 Å². The molecular weight excluding hydrogens is 268 g/mol. The first-order valence-corrected chi connectivity index (χ1v) is 7.22. The van der Waals surface area contributed by atoms with Crippen LogP contribution < -0.4 is 15.4 Å². The van der Waals surface area contributed by atoms with E-state index in [1.54, 1.807) is 14.2 Å². The van der Waals surface area contributed by atoms with Crippen LogP contribution in [-0.2, 0) is 9.53 Å². The van der Waals surface area contributed by atoms with Gasteiger partial charge in [0.15, 0.2) is 0 Å². The number of carbonyl (C=O) groups is 1. The second-order valence-electron chi connectivity index (χ2n) is 5.01. The molecule has 0 saturated carbocycles. The highest BCUT2D eigenvalue weighted by atomic mass is 16.5. The lowest BCUT2D eigenvalue weighted by atomic mass is 10.0. The van der Waals surface area contributed by atoms with E-state index in [0.717, 1.165) is 11.3 Å². The van der Waals surface area contributed by atoms with Crippen LogP contribution in [0.2, 0.25) is 0 Å². The second-order valence-corrected chi connectivity index (χ2v) is 5.01. The molecule has 21 heavy (non-hydrogen) atoms. The molecule has 0 bridgehead atoms. The normalized spacial score (nSPS) is 12.0. The minimum Gasteiger partial charge on any atom is -0.496 e. The highest BCUT2D eigenvalue weighted by Crippen LogP contribution is 2.25. The molecule has 0 heterocycles. The Morgan fingerprint density at radius 1 is 1.29 bits per heavy atom. The SMILES string of the molecule is COCCNC(=O)CCNC(C)c1cc(C)ccc1OC. The van der Waals surface area contributed by atoms with E-state index in [1.807, 2.05) is 12.1 Å². The number of hydrogen-bond acceptors (Lipinski definition) is 4. The maximum Gasteiger partial charge on any atom is 0.221 e. The van der Waals surface area contributed by atoms with Crippen molar-refractivity contribution in [2.24, 2.45) is 0 Å². The molecule has 5 heteroatoms. The van der Waals surface area contributed by atoms with Crippen LogP contribution in [0.15, 0.2) is 18.2 Å². The molecule has 0 aromatic heterocycles. The van der Waals surface area contributed by atoms with E-state index in [1.165, 1.54) is 5.56 Å². The predicted octanol–water partition coefficient (Wildman–Crippen LogP) is 1.81. The third-order valence-electron chi connectivity index (χ3n) is 3.28. The van der Waals surface area contributed by atoms with Gasteiger partial charge in [-0.3, -0.25) is 4.79 Å². The lowest BCUT2D eigenvalue weighted by Gasteiger charge is -2.18. The summed E-state index contributed by atoms with van der Waals surface area (Å²) in [7, 11) is 3.29. The van der Waals surface area contributed by atoms with Gasteiger partial charge in [-0.1, -0.05) is 17.7 Å². The number of nitrogens with one attached hydrogen (secondary N) is 2. The van der Waals surface area contributed by atoms with Gasteiger partial charge in [0.1, 0.15) is 5.75 Å². The van der Waals surface area contributed by atoms with E-state index >= 15 is 0 Å². The zero-order valence-electron chi connectivity index (χ0n) is 13.4. The molecule has 1 unspecified atom stereocenters. The monoisotopic (exact) mass is 294 g/mol. The van der Waals surface area contributed by atoms with E-state index in [2.05, 4.69) is 30.5 Å². The van der Waals surface area contributed by atoms with Gasteiger partial charge in [0.25, 0.3) is 0 Å². The molecule has 0 aliphatic carbocycles. The largest absolute Gasteiger partial charge is 0.496 e. The smallest absolute Gasteiger partial charge is 0.221 e. The Kier molecular flexibility index (Phi) is 7.79. The van der Waals surface area contributed by atoms with Crippen molar-refractivity contribution in [1.82, 2.24) is 10.6 Å². The van der Waals surface area contributed by atoms with Gasteiger partial charge in [0.05, 0.1) is 13.7 Å². The lowest BCUT2D eigenvalue weighted by molar-refractivity contribution is -0.121. The van der Waals surface area contributed by atoms with Gasteiger partial charge in [-0.25, -0.2) is 0 Å². The summed E-state index contributed by atoms with van der Waals surface area (Å²) in [4.78, 5) is 11.6. The zero-order chi connectivity index (χ0) is 15.7. The summed E-state index contributed by atoms with van der Waals surface area (Å²) in [5.41, 5.74) is 2.30. The van der Waals surface area contributed by atoms with E-state index in [4.69, 9.17) is 9.47 Å². The molecule has 0 spiro atoms. The van der Waals surface area contributed by atoms with E-state index in [0.29, 0.717) is 26.1 Å². The fraction of sp³-hybridized carbons (Fsp3) is 0.562. The molecule has 1 rings (SSSR count). The van der Waals surface area contributed by atoms with E-state index in [9.17, 15) is 4.79 Å². The van der Waals surface area contributed by atoms with Crippen molar-refractivity contribution >= 4 is 5.91 Å². The molecule has 1 atom stereocenters. The number of rotatable bonds is 9. The van der Waals surface area contributed by atoms with Crippen molar-refractivity contribution in [1.29, 1.82) is 0 Å². The quantitative estimate of drug-likeness (QED) is 0.682. The van der Waals surface area contributed by atoms with Crippen molar-refractivity contribution in [3.05, 3.63) is 29.3 Å². The van der Waals surface area contributed by atoms with Crippen LogP contribution >= 0.6 is 0 Å². The number of amides is 1. The van der Waals surface area contributed by atoms with Crippen LogP contribution in [0, 0.1) is 6.92 Å². The molecule has 0 aliphatic heterocycles. The first-order chi connectivity index (χ1) is 10.1. The highest BCUT2D eigenvalue weighted by molar-refractivity contribution is 5.76. The summed E-state index contributed by atoms with van der Waals surface area (Å²) in [5, 5.41) is 6.15. The molecule has 1 aromatic carbocycles. The number of aryl methyl sites for hydroxylation is 1. The Hall–Kier alpha value is -1.59.